The number of ether oxygens (including phenoxy) is 3. The predicted molar refractivity (Wildman–Crippen MR) is 81.8 cm³/mol. The van der Waals surface area contributed by atoms with Crippen LogP contribution in [0.5, 0.6) is 0 Å². The molecule has 0 aromatic rings. The topological polar surface area (TPSA) is 44.8 Å². The first kappa shape index (κ1) is 15.5. The maximum absolute atomic E-state index is 11.8. The number of hydrogen-bond donors (Lipinski definition) is 0. The van der Waals surface area contributed by atoms with Gasteiger partial charge in [-0.25, -0.2) is 4.79 Å². The van der Waals surface area contributed by atoms with Gasteiger partial charge < -0.3 is 14.2 Å². The predicted octanol–water partition coefficient (Wildman–Crippen LogP) is 2.60. The summed E-state index contributed by atoms with van der Waals surface area (Å²) in [6, 6.07) is 0. The molecule has 0 fully saturated rings. The van der Waals surface area contributed by atoms with Crippen LogP contribution >= 0.6 is 0 Å². The van der Waals surface area contributed by atoms with Crippen LogP contribution in [0.4, 0.5) is 0 Å². The van der Waals surface area contributed by atoms with Crippen LogP contribution in [0.25, 0.3) is 0 Å². The summed E-state index contributed by atoms with van der Waals surface area (Å²) in [6.07, 6.45) is 8.88. The first-order valence-corrected chi connectivity index (χ1v) is 6.76. The Kier molecular flexibility index (Phi) is 4.76. The van der Waals surface area contributed by atoms with Crippen molar-refractivity contribution in [3.05, 3.63) is 48.0 Å². The van der Waals surface area contributed by atoms with Crippen molar-refractivity contribution in [3.63, 3.8) is 0 Å². The molecule has 0 saturated carbocycles. The molecule has 1 spiro atoms. The van der Waals surface area contributed by atoms with Crippen molar-refractivity contribution < 1.29 is 19.0 Å². The van der Waals surface area contributed by atoms with Gasteiger partial charge in [0, 0.05) is 18.2 Å². The Labute approximate surface area is 130 Å². The van der Waals surface area contributed by atoms with Crippen LogP contribution in [0.1, 0.15) is 20.8 Å². The van der Waals surface area contributed by atoms with Gasteiger partial charge in [0.2, 0.25) is 6.10 Å². The van der Waals surface area contributed by atoms with E-state index in [4.69, 9.17) is 14.2 Å². The standard InChI is InChI=1S/C18H16O4/c1-4-5-6-7-8-15-9-11-18(22-15)16(10-12-20-18)21-17(19)13-14(2)3/h8-13,16H,1-3H3/b15-8+. The number of hydrogen-bond acceptors (Lipinski definition) is 4. The van der Waals surface area contributed by atoms with Crippen molar-refractivity contribution in [3.8, 4) is 23.7 Å². The highest BCUT2D eigenvalue weighted by molar-refractivity contribution is 5.83. The van der Waals surface area contributed by atoms with E-state index in [-0.39, 0.29) is 0 Å². The number of esters is 1. The quantitative estimate of drug-likeness (QED) is 0.446. The van der Waals surface area contributed by atoms with E-state index >= 15 is 0 Å². The Bertz CT molecular complexity index is 697. The third kappa shape index (κ3) is 3.62. The van der Waals surface area contributed by atoms with E-state index in [9.17, 15) is 4.79 Å². The van der Waals surface area contributed by atoms with Gasteiger partial charge in [0.1, 0.15) is 5.76 Å². The Balaban J connectivity index is 2.07. The van der Waals surface area contributed by atoms with E-state index in [0.29, 0.717) is 5.76 Å². The summed E-state index contributed by atoms with van der Waals surface area (Å²) in [5.74, 6) is 9.67. The van der Waals surface area contributed by atoms with Gasteiger partial charge in [-0.1, -0.05) is 17.4 Å². The molecule has 2 atom stereocenters. The zero-order chi connectivity index (χ0) is 16.0. The van der Waals surface area contributed by atoms with Crippen molar-refractivity contribution in [2.45, 2.75) is 32.7 Å². The van der Waals surface area contributed by atoms with Crippen LogP contribution in [0.3, 0.4) is 0 Å². The van der Waals surface area contributed by atoms with Crippen molar-refractivity contribution in [1.82, 2.24) is 0 Å². The molecule has 4 nitrogen and oxygen atoms in total. The molecule has 0 aromatic carbocycles. The molecule has 2 heterocycles. The van der Waals surface area contributed by atoms with E-state index in [1.54, 1.807) is 31.2 Å². The molecule has 22 heavy (non-hydrogen) atoms. The molecule has 2 aliphatic heterocycles. The number of carbonyl (C=O) groups excluding carboxylic acids is 1. The zero-order valence-electron chi connectivity index (χ0n) is 12.7. The van der Waals surface area contributed by atoms with Crippen LogP contribution in [0.2, 0.25) is 0 Å². The Morgan fingerprint density at radius 1 is 1.41 bits per heavy atom. The third-order valence-corrected chi connectivity index (χ3v) is 2.78. The second-order valence-corrected chi connectivity index (χ2v) is 4.87. The van der Waals surface area contributed by atoms with Gasteiger partial charge in [-0.05, 0) is 44.8 Å². The summed E-state index contributed by atoms with van der Waals surface area (Å²) in [5.41, 5.74) is 0.859. The minimum Gasteiger partial charge on any atom is -0.453 e. The van der Waals surface area contributed by atoms with Gasteiger partial charge in [-0.2, -0.15) is 0 Å². The molecule has 112 valence electrons. The minimum atomic E-state index is -1.14. The fourth-order valence-corrected chi connectivity index (χ4v) is 1.88. The van der Waals surface area contributed by atoms with Crippen LogP contribution in [-0.4, -0.2) is 17.9 Å². The molecule has 0 aromatic heterocycles. The molecule has 0 radical (unpaired) electrons. The first-order chi connectivity index (χ1) is 10.6. The Morgan fingerprint density at radius 3 is 2.95 bits per heavy atom. The van der Waals surface area contributed by atoms with Crippen LogP contribution in [0.15, 0.2) is 48.0 Å². The van der Waals surface area contributed by atoms with Crippen molar-refractivity contribution in [2.75, 3.05) is 0 Å². The number of carbonyl (C=O) groups is 1. The molecule has 4 heteroatoms. The minimum absolute atomic E-state index is 0.438. The van der Waals surface area contributed by atoms with Gasteiger partial charge in [-0.3, -0.25) is 0 Å². The highest BCUT2D eigenvalue weighted by atomic mass is 16.7. The van der Waals surface area contributed by atoms with E-state index < -0.39 is 17.9 Å². The third-order valence-electron chi connectivity index (χ3n) is 2.78. The molecule has 0 saturated heterocycles. The maximum Gasteiger partial charge on any atom is 0.331 e. The van der Waals surface area contributed by atoms with E-state index in [1.165, 1.54) is 12.3 Å². The fourth-order valence-electron chi connectivity index (χ4n) is 1.88. The lowest BCUT2D eigenvalue weighted by molar-refractivity contribution is -0.187. The monoisotopic (exact) mass is 296 g/mol. The molecule has 0 amide bonds. The lowest BCUT2D eigenvalue weighted by Crippen LogP contribution is -2.40. The van der Waals surface area contributed by atoms with Crippen LogP contribution < -0.4 is 0 Å². The van der Waals surface area contributed by atoms with Gasteiger partial charge in [-0.15, -0.1) is 0 Å². The summed E-state index contributed by atoms with van der Waals surface area (Å²) in [5, 5.41) is 0. The smallest absolute Gasteiger partial charge is 0.331 e. The van der Waals surface area contributed by atoms with Crippen molar-refractivity contribution in [2.24, 2.45) is 0 Å². The molecule has 0 aliphatic carbocycles. The van der Waals surface area contributed by atoms with E-state index in [2.05, 4.69) is 23.7 Å². The zero-order valence-corrected chi connectivity index (χ0v) is 12.7. The molecular weight excluding hydrogens is 280 g/mol. The Morgan fingerprint density at radius 2 is 2.23 bits per heavy atom. The maximum atomic E-state index is 11.8. The van der Waals surface area contributed by atoms with Crippen molar-refractivity contribution >= 4 is 5.97 Å². The normalized spacial score (nSPS) is 25.6. The van der Waals surface area contributed by atoms with Crippen LogP contribution in [-0.2, 0) is 19.0 Å². The molecular formula is C18H16O4. The molecule has 0 bridgehead atoms. The van der Waals surface area contributed by atoms with Crippen LogP contribution in [0, 0.1) is 23.7 Å². The summed E-state index contributed by atoms with van der Waals surface area (Å²) >= 11 is 0. The molecule has 2 unspecified atom stereocenters. The number of rotatable bonds is 2. The first-order valence-electron chi connectivity index (χ1n) is 6.76. The summed E-state index contributed by atoms with van der Waals surface area (Å²) in [7, 11) is 0. The summed E-state index contributed by atoms with van der Waals surface area (Å²) in [6.45, 7) is 5.36. The summed E-state index contributed by atoms with van der Waals surface area (Å²) in [4.78, 5) is 11.8. The highest BCUT2D eigenvalue weighted by Crippen LogP contribution is 2.36. The summed E-state index contributed by atoms with van der Waals surface area (Å²) < 4.78 is 16.6. The van der Waals surface area contributed by atoms with E-state index in [1.807, 2.05) is 13.8 Å². The van der Waals surface area contributed by atoms with Gasteiger partial charge in [0.15, 0.2) is 0 Å². The number of allylic oxidation sites excluding steroid dienone is 3. The highest BCUT2D eigenvalue weighted by Gasteiger charge is 2.48. The lowest BCUT2D eigenvalue weighted by atomic mass is 10.1. The molecule has 2 aliphatic rings. The van der Waals surface area contributed by atoms with Crippen molar-refractivity contribution in [1.29, 1.82) is 0 Å². The van der Waals surface area contributed by atoms with Gasteiger partial charge >= 0.3 is 11.8 Å². The Hall–Kier alpha value is -2.85. The van der Waals surface area contributed by atoms with Gasteiger partial charge in [0.05, 0.1) is 6.26 Å². The second-order valence-electron chi connectivity index (χ2n) is 4.87. The lowest BCUT2D eigenvalue weighted by Gasteiger charge is -2.27. The van der Waals surface area contributed by atoms with E-state index in [0.717, 1.165) is 5.57 Å². The average Bonchev–Trinajstić information content (AvgIpc) is 3.03. The SMILES string of the molecule is CC#CC#C/C=C1\C=CC2(OC=CC2OC(=O)C=C(C)C)O1. The molecule has 2 rings (SSSR count). The molecule has 0 N–H and O–H groups in total. The second kappa shape index (κ2) is 6.74. The van der Waals surface area contributed by atoms with Gasteiger partial charge in [0.25, 0.3) is 0 Å². The average molecular weight is 296 g/mol. The largest absolute Gasteiger partial charge is 0.453 e. The fraction of sp³-hybridized carbons (Fsp3) is 0.278.